The molecule has 0 aromatic carbocycles. The van der Waals surface area contributed by atoms with Crippen molar-refractivity contribution < 1.29 is 40.6 Å². The lowest BCUT2D eigenvalue weighted by Crippen LogP contribution is -2.52. The number of hydrogen-bond donors (Lipinski definition) is 1. The van der Waals surface area contributed by atoms with Crippen LogP contribution in [0.3, 0.4) is 0 Å². The number of carbonyl (C=O) groups is 1. The molecule has 90 valence electrons. The molecular weight excluding hydrogens is 237 g/mol. The normalized spacial score (nSPS) is 14.1. The summed E-state index contributed by atoms with van der Waals surface area (Å²) in [5, 5.41) is 7.89. The van der Waals surface area contributed by atoms with E-state index in [9.17, 15) is 35.5 Å². The molecule has 0 bridgehead atoms. The fourth-order valence-electron chi connectivity index (χ4n) is 0.628. The third-order valence-electron chi connectivity index (χ3n) is 1.47. The summed E-state index contributed by atoms with van der Waals surface area (Å²) in [5.74, 6) is -13.5. The molecule has 9 heteroatoms. The summed E-state index contributed by atoms with van der Waals surface area (Å²) in [4.78, 5) is 9.76. The first-order valence-corrected chi connectivity index (χ1v) is 3.46. The van der Waals surface area contributed by atoms with Gasteiger partial charge in [0.2, 0.25) is 0 Å². The van der Waals surface area contributed by atoms with Gasteiger partial charge in [0, 0.05) is 6.42 Å². The van der Waals surface area contributed by atoms with E-state index in [-0.39, 0.29) is 0 Å². The molecule has 0 aromatic rings. The van der Waals surface area contributed by atoms with Crippen molar-refractivity contribution >= 4 is 5.97 Å². The Morgan fingerprint density at radius 3 is 1.67 bits per heavy atom. The average Bonchev–Trinajstić information content (AvgIpc) is 1.98. The summed E-state index contributed by atoms with van der Waals surface area (Å²) < 4.78 is 83.3. The van der Waals surface area contributed by atoms with E-state index < -0.39 is 36.8 Å². The number of hydrogen-bond acceptors (Lipinski definition) is 1. The highest BCUT2D eigenvalue weighted by molar-refractivity contribution is 5.66. The van der Waals surface area contributed by atoms with Crippen molar-refractivity contribution in [1.82, 2.24) is 0 Å². The van der Waals surface area contributed by atoms with Gasteiger partial charge in [-0.2, -0.15) is 30.7 Å². The molecule has 2 nitrogen and oxygen atoms in total. The molecule has 15 heavy (non-hydrogen) atoms. The number of aliphatic carboxylic acids is 1. The maximum Gasteiger partial charge on any atom is 0.459 e. The van der Waals surface area contributed by atoms with Gasteiger partial charge in [0.05, 0.1) is 6.42 Å². The van der Waals surface area contributed by atoms with E-state index in [1.54, 1.807) is 0 Å². The summed E-state index contributed by atoms with van der Waals surface area (Å²) in [7, 11) is 0. The Morgan fingerprint density at radius 2 is 1.40 bits per heavy atom. The minimum atomic E-state index is -6.41. The third kappa shape index (κ3) is 2.96. The number of alkyl halides is 7. The van der Waals surface area contributed by atoms with Crippen LogP contribution in [0.15, 0.2) is 0 Å². The van der Waals surface area contributed by atoms with Gasteiger partial charge in [-0.25, -0.2) is 0 Å². The highest BCUT2D eigenvalue weighted by Crippen LogP contribution is 2.48. The van der Waals surface area contributed by atoms with Crippen LogP contribution in [0.1, 0.15) is 12.8 Å². The molecule has 0 aliphatic rings. The summed E-state index contributed by atoms with van der Waals surface area (Å²) in [5.41, 5.74) is 0. The van der Waals surface area contributed by atoms with Gasteiger partial charge >= 0.3 is 24.0 Å². The Labute approximate surface area is 78.7 Å². The van der Waals surface area contributed by atoms with E-state index in [0.29, 0.717) is 0 Å². The lowest BCUT2D eigenvalue weighted by atomic mass is 10.1. The minimum absolute atomic E-state index is 1.47. The molecule has 0 atom stereocenters. The van der Waals surface area contributed by atoms with Gasteiger partial charge in [0.15, 0.2) is 0 Å². The zero-order chi connectivity index (χ0) is 12.5. The van der Waals surface area contributed by atoms with Gasteiger partial charge in [-0.1, -0.05) is 0 Å². The molecule has 1 N–H and O–H groups in total. The van der Waals surface area contributed by atoms with E-state index >= 15 is 0 Å². The number of halogens is 7. The number of carboxylic acid groups (broad SMARTS) is 1. The second-order valence-corrected chi connectivity index (χ2v) is 2.67. The monoisotopic (exact) mass is 242 g/mol. The predicted octanol–water partition coefficient (Wildman–Crippen LogP) is 2.68. The molecule has 0 unspecified atom stereocenters. The maximum atomic E-state index is 12.3. The van der Waals surface area contributed by atoms with E-state index in [4.69, 9.17) is 5.11 Å². The van der Waals surface area contributed by atoms with Crippen molar-refractivity contribution in [1.29, 1.82) is 0 Å². The molecule has 0 aliphatic heterocycles. The molecule has 0 fully saturated rings. The molecule has 0 amide bonds. The second-order valence-electron chi connectivity index (χ2n) is 2.67. The minimum Gasteiger partial charge on any atom is -0.481 e. The van der Waals surface area contributed by atoms with Gasteiger partial charge in [0.1, 0.15) is 0 Å². The Bertz CT molecular complexity index is 244. The summed E-state index contributed by atoms with van der Waals surface area (Å²) in [6.07, 6.45) is -9.96. The predicted molar refractivity (Wildman–Crippen MR) is 32.8 cm³/mol. The van der Waals surface area contributed by atoms with E-state index in [0.717, 1.165) is 0 Å². The summed E-state index contributed by atoms with van der Waals surface area (Å²) in [6, 6.07) is 0. The lowest BCUT2D eigenvalue weighted by molar-refractivity contribution is -0.355. The first-order valence-electron chi connectivity index (χ1n) is 3.46. The quantitative estimate of drug-likeness (QED) is 0.769. The van der Waals surface area contributed by atoms with Crippen molar-refractivity contribution in [2.75, 3.05) is 0 Å². The van der Waals surface area contributed by atoms with Crippen molar-refractivity contribution in [3.05, 3.63) is 0 Å². The average molecular weight is 242 g/mol. The second kappa shape index (κ2) is 3.86. The van der Waals surface area contributed by atoms with Crippen LogP contribution in [0.5, 0.6) is 0 Å². The lowest BCUT2D eigenvalue weighted by Gasteiger charge is -2.27. The van der Waals surface area contributed by atoms with Gasteiger partial charge in [-0.05, 0) is 0 Å². The molecule has 0 saturated heterocycles. The number of carboxylic acids is 1. The van der Waals surface area contributed by atoms with Crippen molar-refractivity contribution in [2.24, 2.45) is 0 Å². The molecule has 0 spiro atoms. The van der Waals surface area contributed by atoms with Crippen LogP contribution in [0.2, 0.25) is 0 Å². The topological polar surface area (TPSA) is 37.3 Å². The van der Waals surface area contributed by atoms with E-state index in [1.165, 1.54) is 0 Å². The molecular formula is C6H5F7O2. The van der Waals surface area contributed by atoms with Crippen LogP contribution in [0, 0.1) is 0 Å². The van der Waals surface area contributed by atoms with Crippen LogP contribution >= 0.6 is 0 Å². The molecule has 0 radical (unpaired) electrons. The summed E-state index contributed by atoms with van der Waals surface area (Å²) >= 11 is 0. The van der Waals surface area contributed by atoms with Crippen LogP contribution in [-0.2, 0) is 4.79 Å². The Morgan fingerprint density at radius 1 is 1.00 bits per heavy atom. The van der Waals surface area contributed by atoms with Gasteiger partial charge in [-0.3, -0.25) is 4.79 Å². The maximum absolute atomic E-state index is 12.3. The molecule has 0 aromatic heterocycles. The van der Waals surface area contributed by atoms with Crippen molar-refractivity contribution in [3.8, 4) is 0 Å². The van der Waals surface area contributed by atoms with Crippen LogP contribution in [0.4, 0.5) is 30.7 Å². The van der Waals surface area contributed by atoms with Crippen LogP contribution in [-0.4, -0.2) is 29.1 Å². The largest absolute Gasteiger partial charge is 0.481 e. The van der Waals surface area contributed by atoms with E-state index in [1.807, 2.05) is 0 Å². The highest BCUT2D eigenvalue weighted by atomic mass is 19.4. The molecule has 0 saturated carbocycles. The molecule has 0 aliphatic carbocycles. The molecule has 0 rings (SSSR count). The van der Waals surface area contributed by atoms with Crippen molar-refractivity contribution in [3.63, 3.8) is 0 Å². The zero-order valence-electron chi connectivity index (χ0n) is 6.92. The highest BCUT2D eigenvalue weighted by Gasteiger charge is 2.72. The van der Waals surface area contributed by atoms with Crippen LogP contribution < -0.4 is 0 Å². The Kier molecular flexibility index (Phi) is 3.59. The standard InChI is InChI=1S/C6H5F7O2/c7-4(8,2-1-3(14)15)5(9,10)6(11,12)13/h1-2H2,(H,14,15). The van der Waals surface area contributed by atoms with Crippen LogP contribution in [0.25, 0.3) is 0 Å². The van der Waals surface area contributed by atoms with E-state index in [2.05, 4.69) is 0 Å². The first-order chi connectivity index (χ1) is 6.42. The number of rotatable bonds is 4. The fourth-order valence-corrected chi connectivity index (χ4v) is 0.628. The summed E-state index contributed by atoms with van der Waals surface area (Å²) in [6.45, 7) is 0. The zero-order valence-corrected chi connectivity index (χ0v) is 6.92. The Balaban J connectivity index is 4.77. The molecule has 0 heterocycles. The van der Waals surface area contributed by atoms with Crippen molar-refractivity contribution in [2.45, 2.75) is 30.9 Å². The Hall–Kier alpha value is -1.02. The fraction of sp³-hybridized carbons (Fsp3) is 0.833. The first kappa shape index (κ1) is 14.0. The smallest absolute Gasteiger partial charge is 0.459 e. The SMILES string of the molecule is O=C(O)CCC(F)(F)C(F)(F)C(F)(F)F. The van der Waals surface area contributed by atoms with Gasteiger partial charge < -0.3 is 5.11 Å². The third-order valence-corrected chi connectivity index (χ3v) is 1.47. The van der Waals surface area contributed by atoms with Gasteiger partial charge in [-0.15, -0.1) is 0 Å². The van der Waals surface area contributed by atoms with Gasteiger partial charge in [0.25, 0.3) is 0 Å².